The highest BCUT2D eigenvalue weighted by molar-refractivity contribution is 5.97. The first kappa shape index (κ1) is 18.2. The number of aliphatic hydroxyl groups is 1. The number of aliphatic hydroxyl groups excluding tert-OH is 1. The zero-order valence-corrected chi connectivity index (χ0v) is 15.3. The van der Waals surface area contributed by atoms with Crippen LogP contribution < -0.4 is 10.6 Å². The van der Waals surface area contributed by atoms with Gasteiger partial charge in [-0.3, -0.25) is 4.79 Å². The van der Waals surface area contributed by atoms with Crippen molar-refractivity contribution in [2.75, 3.05) is 31.6 Å². The number of piperidine rings is 1. The topological polar surface area (TPSA) is 64.6 Å². The van der Waals surface area contributed by atoms with Crippen LogP contribution in [0.4, 0.5) is 5.69 Å². The van der Waals surface area contributed by atoms with Gasteiger partial charge in [-0.05, 0) is 50.3 Å². The third kappa shape index (κ3) is 4.53. The van der Waals surface area contributed by atoms with Gasteiger partial charge in [-0.2, -0.15) is 0 Å². The van der Waals surface area contributed by atoms with Crippen molar-refractivity contribution in [3.05, 3.63) is 29.3 Å². The van der Waals surface area contributed by atoms with Crippen LogP contribution >= 0.6 is 0 Å². The molecule has 0 atom stereocenters. The predicted molar refractivity (Wildman–Crippen MR) is 101 cm³/mol. The summed E-state index contributed by atoms with van der Waals surface area (Å²) in [5.74, 6) is -0.119. The number of likely N-dealkylation sites (tertiary alicyclic amines) is 1. The minimum Gasteiger partial charge on any atom is -0.395 e. The van der Waals surface area contributed by atoms with Crippen molar-refractivity contribution in [1.29, 1.82) is 0 Å². The number of rotatable bonds is 6. The molecular formula is C20H31N3O2. The highest BCUT2D eigenvalue weighted by atomic mass is 16.3. The lowest BCUT2D eigenvalue weighted by atomic mass is 10.00. The van der Waals surface area contributed by atoms with Crippen LogP contribution in [0, 0.1) is 6.92 Å². The normalized spacial score (nSPS) is 19.9. The van der Waals surface area contributed by atoms with Crippen molar-refractivity contribution in [3.8, 4) is 0 Å². The largest absolute Gasteiger partial charge is 0.395 e. The molecule has 1 saturated heterocycles. The molecule has 1 aliphatic carbocycles. The van der Waals surface area contributed by atoms with Crippen LogP contribution in [0.25, 0.3) is 0 Å². The lowest BCUT2D eigenvalue weighted by Crippen LogP contribution is -2.43. The van der Waals surface area contributed by atoms with Crippen molar-refractivity contribution in [2.45, 2.75) is 57.5 Å². The minimum absolute atomic E-state index is 0.0394. The lowest BCUT2D eigenvalue weighted by molar-refractivity contribution is 0.0944. The molecule has 5 heteroatoms. The van der Waals surface area contributed by atoms with E-state index in [1.54, 1.807) is 0 Å². The summed E-state index contributed by atoms with van der Waals surface area (Å²) in [6, 6.07) is 7.13. The molecule has 3 N–H and O–H groups in total. The second-order valence-electron chi connectivity index (χ2n) is 7.35. The third-order valence-corrected chi connectivity index (χ3v) is 5.71. The zero-order valence-electron chi connectivity index (χ0n) is 15.3. The Bertz CT molecular complexity index is 576. The molecule has 1 saturated carbocycles. The Morgan fingerprint density at radius 1 is 1.20 bits per heavy atom. The van der Waals surface area contributed by atoms with E-state index in [1.165, 1.54) is 38.8 Å². The van der Waals surface area contributed by atoms with Crippen molar-refractivity contribution in [2.24, 2.45) is 0 Å². The maximum Gasteiger partial charge on any atom is 0.251 e. The summed E-state index contributed by atoms with van der Waals surface area (Å²) in [7, 11) is 0. The number of amides is 1. The summed E-state index contributed by atoms with van der Waals surface area (Å²) >= 11 is 0. The first-order chi connectivity index (χ1) is 12.2. The van der Waals surface area contributed by atoms with Gasteiger partial charge in [-0.25, -0.2) is 0 Å². The Labute approximate surface area is 150 Å². The molecule has 3 rings (SSSR count). The maximum atomic E-state index is 12.2. The first-order valence-electron chi connectivity index (χ1n) is 9.68. The quantitative estimate of drug-likeness (QED) is 0.741. The van der Waals surface area contributed by atoms with Gasteiger partial charge in [-0.15, -0.1) is 0 Å². The fourth-order valence-corrected chi connectivity index (χ4v) is 4.20. The summed E-state index contributed by atoms with van der Waals surface area (Å²) in [4.78, 5) is 14.9. The molecule has 1 heterocycles. The molecule has 138 valence electrons. The standard InChI is InChI=1S/C20H31N3O2/c1-15-18(20(25)21-11-14-24)7-4-8-19(15)22-16-9-12-23(13-10-16)17-5-2-3-6-17/h4,7-8,16-17,22,24H,2-3,5-6,9-14H2,1H3,(H,21,25). The number of nitrogens with zero attached hydrogens (tertiary/aromatic N) is 1. The molecule has 0 aromatic heterocycles. The molecule has 0 bridgehead atoms. The number of carbonyl (C=O) groups excluding carboxylic acids is 1. The zero-order chi connectivity index (χ0) is 17.6. The first-order valence-corrected chi connectivity index (χ1v) is 9.68. The maximum absolute atomic E-state index is 12.2. The van der Waals surface area contributed by atoms with E-state index in [-0.39, 0.29) is 19.1 Å². The summed E-state index contributed by atoms with van der Waals surface area (Å²) in [5, 5.41) is 15.3. The van der Waals surface area contributed by atoms with E-state index in [4.69, 9.17) is 5.11 Å². The number of anilines is 1. The second-order valence-corrected chi connectivity index (χ2v) is 7.35. The average Bonchev–Trinajstić information content (AvgIpc) is 3.17. The molecule has 1 aliphatic heterocycles. The Morgan fingerprint density at radius 2 is 1.92 bits per heavy atom. The van der Waals surface area contributed by atoms with Gasteiger partial charge >= 0.3 is 0 Å². The van der Waals surface area contributed by atoms with Crippen molar-refractivity contribution in [3.63, 3.8) is 0 Å². The van der Waals surface area contributed by atoms with Gasteiger partial charge in [0.05, 0.1) is 6.61 Å². The van der Waals surface area contributed by atoms with Crippen LogP contribution in [0.2, 0.25) is 0 Å². The smallest absolute Gasteiger partial charge is 0.251 e. The summed E-state index contributed by atoms with van der Waals surface area (Å²) < 4.78 is 0. The Balaban J connectivity index is 1.57. The summed E-state index contributed by atoms with van der Waals surface area (Å²) in [6.07, 6.45) is 7.87. The van der Waals surface area contributed by atoms with Crippen LogP contribution in [-0.2, 0) is 0 Å². The van der Waals surface area contributed by atoms with E-state index in [9.17, 15) is 4.79 Å². The van der Waals surface area contributed by atoms with Gasteiger partial charge in [0.1, 0.15) is 0 Å². The number of hydrogen-bond donors (Lipinski definition) is 3. The average molecular weight is 345 g/mol. The lowest BCUT2D eigenvalue weighted by Gasteiger charge is -2.36. The van der Waals surface area contributed by atoms with E-state index in [0.717, 1.165) is 30.1 Å². The molecule has 1 aromatic rings. The van der Waals surface area contributed by atoms with Gasteiger partial charge in [0.15, 0.2) is 0 Å². The van der Waals surface area contributed by atoms with Gasteiger partial charge in [-0.1, -0.05) is 18.9 Å². The molecule has 1 amide bonds. The van der Waals surface area contributed by atoms with Crippen LogP contribution in [0.5, 0.6) is 0 Å². The van der Waals surface area contributed by atoms with E-state index in [1.807, 2.05) is 19.1 Å². The van der Waals surface area contributed by atoms with E-state index in [2.05, 4.69) is 21.6 Å². The van der Waals surface area contributed by atoms with Crippen molar-refractivity contribution < 1.29 is 9.90 Å². The third-order valence-electron chi connectivity index (χ3n) is 5.71. The fraction of sp³-hybridized carbons (Fsp3) is 0.650. The molecule has 2 fully saturated rings. The van der Waals surface area contributed by atoms with Crippen molar-refractivity contribution >= 4 is 11.6 Å². The van der Waals surface area contributed by atoms with Crippen LogP contribution in [0.1, 0.15) is 54.4 Å². The monoisotopic (exact) mass is 345 g/mol. The SMILES string of the molecule is Cc1c(NC2CCN(C3CCCC3)CC2)cccc1C(=O)NCCO. The van der Waals surface area contributed by atoms with E-state index in [0.29, 0.717) is 11.6 Å². The second kappa shape index (κ2) is 8.68. The summed E-state index contributed by atoms with van der Waals surface area (Å²) in [6.45, 7) is 4.60. The molecule has 2 aliphatic rings. The number of hydrogen-bond acceptors (Lipinski definition) is 4. The van der Waals surface area contributed by atoms with Gasteiger partial charge in [0.2, 0.25) is 0 Å². The van der Waals surface area contributed by atoms with Gasteiger partial charge < -0.3 is 20.6 Å². The minimum atomic E-state index is -0.119. The molecule has 0 spiro atoms. The number of benzene rings is 1. The van der Waals surface area contributed by atoms with Gasteiger partial charge in [0.25, 0.3) is 5.91 Å². The predicted octanol–water partition coefficient (Wildman–Crippen LogP) is 2.54. The molecule has 25 heavy (non-hydrogen) atoms. The molecule has 1 aromatic carbocycles. The Kier molecular flexibility index (Phi) is 6.32. The molecule has 5 nitrogen and oxygen atoms in total. The number of nitrogens with one attached hydrogen (secondary N) is 2. The molecular weight excluding hydrogens is 314 g/mol. The molecule has 0 radical (unpaired) electrons. The Hall–Kier alpha value is -1.59. The highest BCUT2D eigenvalue weighted by Crippen LogP contribution is 2.28. The van der Waals surface area contributed by atoms with Crippen LogP contribution in [0.3, 0.4) is 0 Å². The van der Waals surface area contributed by atoms with Crippen LogP contribution in [-0.4, -0.2) is 54.2 Å². The van der Waals surface area contributed by atoms with E-state index < -0.39 is 0 Å². The van der Waals surface area contributed by atoms with Gasteiger partial charge in [0, 0.05) is 43.0 Å². The summed E-state index contributed by atoms with van der Waals surface area (Å²) in [5.41, 5.74) is 2.72. The number of carbonyl (C=O) groups is 1. The van der Waals surface area contributed by atoms with Crippen molar-refractivity contribution in [1.82, 2.24) is 10.2 Å². The van der Waals surface area contributed by atoms with Crippen LogP contribution in [0.15, 0.2) is 18.2 Å². The molecule has 0 unspecified atom stereocenters. The fourth-order valence-electron chi connectivity index (χ4n) is 4.20. The Morgan fingerprint density at radius 3 is 2.60 bits per heavy atom. The van der Waals surface area contributed by atoms with E-state index >= 15 is 0 Å². The highest BCUT2D eigenvalue weighted by Gasteiger charge is 2.27.